The van der Waals surface area contributed by atoms with E-state index in [1.54, 1.807) is 18.7 Å². The first-order valence-corrected chi connectivity index (χ1v) is 9.70. The van der Waals surface area contributed by atoms with E-state index in [9.17, 15) is 10.1 Å². The molecule has 2 aromatic carbocycles. The van der Waals surface area contributed by atoms with Gasteiger partial charge >= 0.3 is 0 Å². The Hall–Kier alpha value is -3.46. The lowest BCUT2D eigenvalue weighted by molar-refractivity contribution is 0.171. The monoisotopic (exact) mass is 389 g/mol. The van der Waals surface area contributed by atoms with E-state index in [1.165, 1.54) is 0 Å². The van der Waals surface area contributed by atoms with E-state index in [0.717, 1.165) is 54.0 Å². The van der Waals surface area contributed by atoms with E-state index in [-0.39, 0.29) is 17.2 Å². The number of aryl methyl sites for hydroxylation is 1. The zero-order valence-electron chi connectivity index (χ0n) is 16.6. The van der Waals surface area contributed by atoms with Crippen molar-refractivity contribution in [2.24, 2.45) is 7.05 Å². The standard InChI is InChI=1S/C23H23N3O3/c1-25-21-6-4-3-5-19(21)22(20(15-24)23(25)27)26-13-11-18(12-14-26)29-17-9-7-16(28-2)8-10-17/h3-10,18H,11-14H2,1-2H3. The highest BCUT2D eigenvalue weighted by Crippen LogP contribution is 2.31. The Kier molecular flexibility index (Phi) is 5.13. The van der Waals surface area contributed by atoms with E-state index < -0.39 is 0 Å². The lowest BCUT2D eigenvalue weighted by Crippen LogP contribution is -2.40. The maximum Gasteiger partial charge on any atom is 0.270 e. The fraction of sp³-hybridized carbons (Fsp3) is 0.304. The number of anilines is 1. The molecule has 0 radical (unpaired) electrons. The predicted molar refractivity (Wildman–Crippen MR) is 113 cm³/mol. The molecule has 4 rings (SSSR count). The molecule has 0 aliphatic carbocycles. The van der Waals surface area contributed by atoms with Crippen LogP contribution < -0.4 is 19.9 Å². The zero-order chi connectivity index (χ0) is 20.4. The van der Waals surface area contributed by atoms with Crippen LogP contribution in [-0.2, 0) is 7.05 Å². The molecule has 0 saturated carbocycles. The first kappa shape index (κ1) is 18.9. The summed E-state index contributed by atoms with van der Waals surface area (Å²) < 4.78 is 12.8. The van der Waals surface area contributed by atoms with Crippen molar-refractivity contribution in [1.29, 1.82) is 5.26 Å². The van der Waals surface area contributed by atoms with Crippen molar-refractivity contribution in [3.8, 4) is 17.6 Å². The number of fused-ring (bicyclic) bond motifs is 1. The van der Waals surface area contributed by atoms with E-state index in [4.69, 9.17) is 9.47 Å². The number of hydrogen-bond donors (Lipinski definition) is 0. The average molecular weight is 389 g/mol. The molecule has 0 spiro atoms. The maximum absolute atomic E-state index is 12.7. The second-order valence-electron chi connectivity index (χ2n) is 7.20. The Morgan fingerprint density at radius 1 is 1.03 bits per heavy atom. The van der Waals surface area contributed by atoms with Crippen molar-refractivity contribution >= 4 is 16.6 Å². The highest BCUT2D eigenvalue weighted by atomic mass is 16.5. The summed E-state index contributed by atoms with van der Waals surface area (Å²) in [5.74, 6) is 1.62. The molecule has 6 nitrogen and oxygen atoms in total. The van der Waals surface area contributed by atoms with Crippen molar-refractivity contribution in [2.45, 2.75) is 18.9 Å². The summed E-state index contributed by atoms with van der Waals surface area (Å²) in [7, 11) is 3.35. The Labute approximate surface area is 169 Å². The molecule has 6 heteroatoms. The normalized spacial score (nSPS) is 14.6. The first-order chi connectivity index (χ1) is 14.1. The van der Waals surface area contributed by atoms with Gasteiger partial charge in [0, 0.05) is 38.4 Å². The lowest BCUT2D eigenvalue weighted by Gasteiger charge is -2.35. The van der Waals surface area contributed by atoms with Gasteiger partial charge in [0.15, 0.2) is 0 Å². The van der Waals surface area contributed by atoms with Crippen LogP contribution >= 0.6 is 0 Å². The van der Waals surface area contributed by atoms with Crippen LogP contribution in [-0.4, -0.2) is 30.9 Å². The number of pyridine rings is 1. The first-order valence-electron chi connectivity index (χ1n) is 9.70. The highest BCUT2D eigenvalue weighted by Gasteiger charge is 2.26. The number of ether oxygens (including phenoxy) is 2. The third-order valence-corrected chi connectivity index (χ3v) is 5.51. The average Bonchev–Trinajstić information content (AvgIpc) is 2.77. The molecule has 1 fully saturated rings. The van der Waals surface area contributed by atoms with Crippen LogP contribution in [0.15, 0.2) is 53.3 Å². The molecule has 148 valence electrons. The summed E-state index contributed by atoms with van der Waals surface area (Å²) in [6, 6.07) is 17.5. The smallest absolute Gasteiger partial charge is 0.270 e. The molecule has 3 aromatic rings. The molecule has 0 N–H and O–H groups in total. The molecule has 1 aliphatic heterocycles. The van der Waals surface area contributed by atoms with Crippen molar-refractivity contribution in [2.75, 3.05) is 25.1 Å². The Morgan fingerprint density at radius 3 is 2.34 bits per heavy atom. The van der Waals surface area contributed by atoms with Crippen molar-refractivity contribution in [1.82, 2.24) is 4.57 Å². The van der Waals surface area contributed by atoms with Gasteiger partial charge in [0.1, 0.15) is 29.2 Å². The van der Waals surface area contributed by atoms with Crippen LogP contribution in [0.3, 0.4) is 0 Å². The summed E-state index contributed by atoms with van der Waals surface area (Å²) in [6.45, 7) is 1.46. The molecule has 1 aromatic heterocycles. The second kappa shape index (κ2) is 7.88. The van der Waals surface area contributed by atoms with Crippen LogP contribution in [0.25, 0.3) is 10.9 Å². The maximum atomic E-state index is 12.7. The van der Waals surface area contributed by atoms with Gasteiger partial charge in [0.25, 0.3) is 5.56 Å². The number of hydrogen-bond acceptors (Lipinski definition) is 5. The number of benzene rings is 2. The quantitative estimate of drug-likeness (QED) is 0.684. The molecule has 29 heavy (non-hydrogen) atoms. The lowest BCUT2D eigenvalue weighted by atomic mass is 10.0. The number of rotatable bonds is 4. The van der Waals surface area contributed by atoms with Crippen LogP contribution in [0.5, 0.6) is 11.5 Å². The third kappa shape index (κ3) is 3.52. The Morgan fingerprint density at radius 2 is 1.69 bits per heavy atom. The minimum absolute atomic E-state index is 0.1000. The SMILES string of the molecule is COc1ccc(OC2CCN(c3c(C#N)c(=O)n(C)c4ccccc34)CC2)cc1. The molecule has 0 bridgehead atoms. The molecular weight excluding hydrogens is 366 g/mol. The van der Waals surface area contributed by atoms with Crippen LogP contribution in [0.1, 0.15) is 18.4 Å². The summed E-state index contributed by atoms with van der Waals surface area (Å²) in [4.78, 5) is 14.9. The van der Waals surface area contributed by atoms with Crippen molar-refractivity contribution in [3.63, 3.8) is 0 Å². The minimum atomic E-state index is -0.252. The van der Waals surface area contributed by atoms with Gasteiger partial charge in [-0.25, -0.2) is 0 Å². The molecule has 0 atom stereocenters. The van der Waals surface area contributed by atoms with Gasteiger partial charge < -0.3 is 18.9 Å². The Bertz CT molecular complexity index is 1120. The van der Waals surface area contributed by atoms with Crippen LogP contribution in [0, 0.1) is 11.3 Å². The van der Waals surface area contributed by atoms with Crippen LogP contribution in [0.2, 0.25) is 0 Å². The number of nitrogens with zero attached hydrogens (tertiary/aromatic N) is 3. The van der Waals surface area contributed by atoms with E-state index in [1.807, 2.05) is 48.5 Å². The van der Waals surface area contributed by atoms with Gasteiger partial charge in [0.2, 0.25) is 0 Å². The highest BCUT2D eigenvalue weighted by molar-refractivity contribution is 5.94. The third-order valence-electron chi connectivity index (χ3n) is 5.51. The fourth-order valence-electron chi connectivity index (χ4n) is 3.95. The number of nitriles is 1. The molecule has 0 unspecified atom stereocenters. The van der Waals surface area contributed by atoms with Gasteiger partial charge in [-0.05, 0) is 30.3 Å². The molecule has 0 amide bonds. The summed E-state index contributed by atoms with van der Waals surface area (Å²) in [5.41, 5.74) is 1.54. The zero-order valence-corrected chi connectivity index (χ0v) is 16.6. The van der Waals surface area contributed by atoms with Gasteiger partial charge in [-0.2, -0.15) is 5.26 Å². The molecular formula is C23H23N3O3. The van der Waals surface area contributed by atoms with Gasteiger partial charge in [0.05, 0.1) is 18.3 Å². The van der Waals surface area contributed by atoms with E-state index in [0.29, 0.717) is 0 Å². The number of piperidine rings is 1. The molecule has 2 heterocycles. The van der Waals surface area contributed by atoms with Gasteiger partial charge in [-0.1, -0.05) is 18.2 Å². The second-order valence-corrected chi connectivity index (χ2v) is 7.20. The minimum Gasteiger partial charge on any atom is -0.497 e. The number of aromatic nitrogens is 1. The Balaban J connectivity index is 1.57. The number of methoxy groups -OCH3 is 1. The van der Waals surface area contributed by atoms with Gasteiger partial charge in [-0.3, -0.25) is 4.79 Å². The summed E-state index contributed by atoms with van der Waals surface area (Å²) >= 11 is 0. The fourth-order valence-corrected chi connectivity index (χ4v) is 3.95. The van der Waals surface area contributed by atoms with Gasteiger partial charge in [-0.15, -0.1) is 0 Å². The van der Waals surface area contributed by atoms with E-state index >= 15 is 0 Å². The molecule has 1 aliphatic rings. The van der Waals surface area contributed by atoms with Crippen LogP contribution in [0.4, 0.5) is 5.69 Å². The summed E-state index contributed by atoms with van der Waals surface area (Å²) in [5, 5.41) is 10.6. The number of para-hydroxylation sites is 1. The predicted octanol–water partition coefficient (Wildman–Crippen LogP) is 3.47. The summed E-state index contributed by atoms with van der Waals surface area (Å²) in [6.07, 6.45) is 1.74. The topological polar surface area (TPSA) is 67.5 Å². The van der Waals surface area contributed by atoms with Crippen molar-refractivity contribution < 1.29 is 9.47 Å². The molecule has 1 saturated heterocycles. The van der Waals surface area contributed by atoms with Crippen molar-refractivity contribution in [3.05, 3.63) is 64.4 Å². The largest absolute Gasteiger partial charge is 0.497 e. The van der Waals surface area contributed by atoms with E-state index in [2.05, 4.69) is 11.0 Å².